The molecule has 0 radical (unpaired) electrons. The molecule has 0 spiro atoms. The number of ether oxygens (including phenoxy) is 2. The summed E-state index contributed by atoms with van der Waals surface area (Å²) in [5.41, 5.74) is 1.67. The van der Waals surface area contributed by atoms with Gasteiger partial charge in [-0.15, -0.1) is 0 Å². The van der Waals surface area contributed by atoms with Crippen molar-refractivity contribution in [3.8, 4) is 11.6 Å². The van der Waals surface area contributed by atoms with E-state index in [-0.39, 0.29) is 12.1 Å². The van der Waals surface area contributed by atoms with Crippen LogP contribution < -0.4 is 14.8 Å². The number of carbonyl (C=O) groups is 1. The highest BCUT2D eigenvalue weighted by Crippen LogP contribution is 2.18. The molecule has 0 saturated carbocycles. The second-order valence-electron chi connectivity index (χ2n) is 5.77. The number of methoxy groups -OCH3 is 1. The van der Waals surface area contributed by atoms with Crippen LogP contribution in [0.25, 0.3) is 0 Å². The van der Waals surface area contributed by atoms with Crippen molar-refractivity contribution in [3.63, 3.8) is 0 Å². The van der Waals surface area contributed by atoms with Crippen molar-refractivity contribution in [3.05, 3.63) is 89.4 Å². The first-order valence-electron chi connectivity index (χ1n) is 8.39. The first-order valence-corrected chi connectivity index (χ1v) is 8.39. The Hall–Kier alpha value is -3.41. The number of halogens is 1. The molecule has 1 aromatic heterocycles. The highest BCUT2D eigenvalue weighted by Gasteiger charge is 2.13. The Morgan fingerprint density at radius 3 is 2.67 bits per heavy atom. The zero-order valence-corrected chi connectivity index (χ0v) is 14.8. The summed E-state index contributed by atoms with van der Waals surface area (Å²) in [7, 11) is 1.44. The van der Waals surface area contributed by atoms with Crippen LogP contribution in [-0.4, -0.2) is 18.0 Å². The second kappa shape index (κ2) is 8.80. The zero-order chi connectivity index (χ0) is 19.1. The van der Waals surface area contributed by atoms with E-state index in [2.05, 4.69) is 10.3 Å². The molecule has 0 aliphatic carbocycles. The Bertz CT molecular complexity index is 916. The van der Waals surface area contributed by atoms with E-state index in [1.807, 2.05) is 30.3 Å². The molecular formula is C21H19FN2O3. The molecule has 6 heteroatoms. The number of pyridine rings is 1. The van der Waals surface area contributed by atoms with Crippen LogP contribution in [0.2, 0.25) is 0 Å². The number of amides is 1. The quantitative estimate of drug-likeness (QED) is 0.692. The van der Waals surface area contributed by atoms with Crippen molar-refractivity contribution in [2.75, 3.05) is 7.11 Å². The van der Waals surface area contributed by atoms with Crippen molar-refractivity contribution in [2.45, 2.75) is 13.2 Å². The third-order valence-electron chi connectivity index (χ3n) is 3.93. The lowest BCUT2D eigenvalue weighted by atomic mass is 10.2. The molecule has 3 aromatic rings. The molecule has 138 valence electrons. The van der Waals surface area contributed by atoms with Crippen LogP contribution in [0.5, 0.6) is 11.6 Å². The van der Waals surface area contributed by atoms with Crippen LogP contribution >= 0.6 is 0 Å². The molecule has 0 bridgehead atoms. The van der Waals surface area contributed by atoms with Gasteiger partial charge in [-0.2, -0.15) is 0 Å². The third-order valence-corrected chi connectivity index (χ3v) is 3.93. The molecule has 0 atom stereocenters. The number of hydrogen-bond donors (Lipinski definition) is 1. The molecule has 27 heavy (non-hydrogen) atoms. The van der Waals surface area contributed by atoms with Crippen molar-refractivity contribution in [1.82, 2.24) is 10.3 Å². The molecule has 0 aliphatic heterocycles. The number of nitrogens with one attached hydrogen (secondary N) is 1. The van der Waals surface area contributed by atoms with Gasteiger partial charge in [0.05, 0.1) is 12.7 Å². The van der Waals surface area contributed by atoms with E-state index in [1.165, 1.54) is 25.3 Å². The standard InChI is InChI=1S/C21H19FN2O3/c1-26-17-9-10-18(19(22)12-17)20(25)24-13-16-8-5-11-23-21(16)27-14-15-6-3-2-4-7-15/h2-12H,13-14H2,1H3,(H,24,25). The number of hydrogen-bond acceptors (Lipinski definition) is 4. The lowest BCUT2D eigenvalue weighted by Crippen LogP contribution is -2.24. The minimum atomic E-state index is -0.640. The minimum absolute atomic E-state index is 0.0496. The van der Waals surface area contributed by atoms with Gasteiger partial charge in [0.1, 0.15) is 18.2 Å². The summed E-state index contributed by atoms with van der Waals surface area (Å²) in [6.45, 7) is 0.536. The van der Waals surface area contributed by atoms with E-state index in [9.17, 15) is 9.18 Å². The Balaban J connectivity index is 1.65. The number of nitrogens with zero attached hydrogens (tertiary/aromatic N) is 1. The summed E-state index contributed by atoms with van der Waals surface area (Å²) in [4.78, 5) is 16.5. The Labute approximate surface area is 156 Å². The van der Waals surface area contributed by atoms with E-state index in [0.29, 0.717) is 23.8 Å². The van der Waals surface area contributed by atoms with E-state index < -0.39 is 11.7 Å². The van der Waals surface area contributed by atoms with Crippen molar-refractivity contribution in [2.24, 2.45) is 0 Å². The number of carbonyl (C=O) groups excluding carboxylic acids is 1. The summed E-state index contributed by atoms with van der Waals surface area (Å²) < 4.78 is 24.7. The molecule has 1 heterocycles. The van der Waals surface area contributed by atoms with Crippen LogP contribution in [-0.2, 0) is 13.2 Å². The van der Waals surface area contributed by atoms with Crippen LogP contribution in [0.15, 0.2) is 66.9 Å². The first-order chi connectivity index (χ1) is 13.2. The van der Waals surface area contributed by atoms with E-state index >= 15 is 0 Å². The maximum Gasteiger partial charge on any atom is 0.254 e. The largest absolute Gasteiger partial charge is 0.497 e. The monoisotopic (exact) mass is 366 g/mol. The third kappa shape index (κ3) is 4.82. The Morgan fingerprint density at radius 2 is 1.93 bits per heavy atom. The van der Waals surface area contributed by atoms with Gasteiger partial charge in [0.2, 0.25) is 5.88 Å². The van der Waals surface area contributed by atoms with Crippen molar-refractivity contribution >= 4 is 5.91 Å². The highest BCUT2D eigenvalue weighted by molar-refractivity contribution is 5.94. The average molecular weight is 366 g/mol. The van der Waals surface area contributed by atoms with Gasteiger partial charge in [0.25, 0.3) is 5.91 Å². The van der Waals surface area contributed by atoms with Gasteiger partial charge in [-0.25, -0.2) is 9.37 Å². The van der Waals surface area contributed by atoms with Gasteiger partial charge in [0, 0.05) is 24.4 Å². The molecule has 0 saturated heterocycles. The zero-order valence-electron chi connectivity index (χ0n) is 14.8. The van der Waals surface area contributed by atoms with Gasteiger partial charge in [-0.05, 0) is 23.8 Å². The summed E-state index contributed by atoms with van der Waals surface area (Å²) >= 11 is 0. The van der Waals surface area contributed by atoms with Gasteiger partial charge in [-0.3, -0.25) is 4.79 Å². The molecule has 0 unspecified atom stereocenters. The van der Waals surface area contributed by atoms with Crippen molar-refractivity contribution < 1.29 is 18.7 Å². The molecule has 0 aliphatic rings. The van der Waals surface area contributed by atoms with Crippen LogP contribution in [0, 0.1) is 5.82 Å². The fourth-order valence-corrected chi connectivity index (χ4v) is 2.49. The maximum atomic E-state index is 14.0. The van der Waals surface area contributed by atoms with Crippen LogP contribution in [0.4, 0.5) is 4.39 Å². The minimum Gasteiger partial charge on any atom is -0.497 e. The molecule has 1 N–H and O–H groups in total. The number of aromatic nitrogens is 1. The number of benzene rings is 2. The van der Waals surface area contributed by atoms with Gasteiger partial charge in [-0.1, -0.05) is 36.4 Å². The van der Waals surface area contributed by atoms with Crippen LogP contribution in [0.3, 0.4) is 0 Å². The predicted molar refractivity (Wildman–Crippen MR) is 99.1 cm³/mol. The molecule has 2 aromatic carbocycles. The predicted octanol–water partition coefficient (Wildman–Crippen LogP) is 3.74. The topological polar surface area (TPSA) is 60.5 Å². The second-order valence-corrected chi connectivity index (χ2v) is 5.77. The molecule has 0 fully saturated rings. The SMILES string of the molecule is COc1ccc(C(=O)NCc2cccnc2OCc2ccccc2)c(F)c1. The van der Waals surface area contributed by atoms with Gasteiger partial charge >= 0.3 is 0 Å². The molecule has 1 amide bonds. The van der Waals surface area contributed by atoms with E-state index in [4.69, 9.17) is 9.47 Å². The van der Waals surface area contributed by atoms with Crippen molar-refractivity contribution in [1.29, 1.82) is 0 Å². The summed E-state index contributed by atoms with van der Waals surface area (Å²) in [5, 5.41) is 2.69. The smallest absolute Gasteiger partial charge is 0.254 e. The lowest BCUT2D eigenvalue weighted by molar-refractivity contribution is 0.0946. The number of rotatable bonds is 7. The molecular weight excluding hydrogens is 347 g/mol. The summed E-state index contributed by atoms with van der Waals surface area (Å²) in [5.74, 6) is -0.378. The first kappa shape index (κ1) is 18.4. The molecule has 3 rings (SSSR count). The van der Waals surface area contributed by atoms with E-state index in [0.717, 1.165) is 5.56 Å². The lowest BCUT2D eigenvalue weighted by Gasteiger charge is -2.12. The Kier molecular flexibility index (Phi) is 5.99. The molecule has 5 nitrogen and oxygen atoms in total. The maximum absolute atomic E-state index is 14.0. The van der Waals surface area contributed by atoms with Crippen LogP contribution in [0.1, 0.15) is 21.5 Å². The summed E-state index contributed by atoms with van der Waals surface area (Å²) in [6, 6.07) is 17.4. The van der Waals surface area contributed by atoms with E-state index in [1.54, 1.807) is 18.3 Å². The normalized spacial score (nSPS) is 10.3. The highest BCUT2D eigenvalue weighted by atomic mass is 19.1. The fraction of sp³-hybridized carbons (Fsp3) is 0.143. The average Bonchev–Trinajstić information content (AvgIpc) is 2.71. The fourth-order valence-electron chi connectivity index (χ4n) is 2.49. The van der Waals surface area contributed by atoms with Gasteiger partial charge in [0.15, 0.2) is 0 Å². The van der Waals surface area contributed by atoms with Gasteiger partial charge < -0.3 is 14.8 Å². The summed E-state index contributed by atoms with van der Waals surface area (Å²) in [6.07, 6.45) is 1.62. The Morgan fingerprint density at radius 1 is 1.11 bits per heavy atom.